The van der Waals surface area contributed by atoms with Crippen molar-refractivity contribution in [1.29, 1.82) is 0 Å². The molecule has 0 radical (unpaired) electrons. The summed E-state index contributed by atoms with van der Waals surface area (Å²) < 4.78 is 13.7. The summed E-state index contributed by atoms with van der Waals surface area (Å²) in [5.41, 5.74) is 2.91. The topological polar surface area (TPSA) is 54.0 Å². The zero-order valence-corrected chi connectivity index (χ0v) is 14.8. The molecule has 128 valence electrons. The molecular weight excluding hydrogens is 337 g/mol. The highest BCUT2D eigenvalue weighted by Crippen LogP contribution is 2.28. The normalized spacial score (nSPS) is 10.5. The van der Waals surface area contributed by atoms with Crippen molar-refractivity contribution in [2.45, 2.75) is 20.3 Å². The van der Waals surface area contributed by atoms with Gasteiger partial charge in [-0.15, -0.1) is 0 Å². The fourth-order valence-electron chi connectivity index (χ4n) is 2.47. The van der Waals surface area contributed by atoms with Gasteiger partial charge in [-0.25, -0.2) is 9.37 Å². The van der Waals surface area contributed by atoms with Crippen LogP contribution in [0.1, 0.15) is 27.9 Å². The minimum absolute atomic E-state index is 0.158. The van der Waals surface area contributed by atoms with E-state index in [1.54, 1.807) is 19.1 Å². The fraction of sp³-hybridized carbons (Fsp3) is 0.158. The Morgan fingerprint density at radius 1 is 1.12 bits per heavy atom. The van der Waals surface area contributed by atoms with Crippen molar-refractivity contribution in [2.24, 2.45) is 0 Å². The van der Waals surface area contributed by atoms with Crippen LogP contribution in [0.15, 0.2) is 48.5 Å². The number of para-hydroxylation sites is 2. The molecule has 0 fully saturated rings. The van der Waals surface area contributed by atoms with Gasteiger partial charge in [-0.3, -0.25) is 4.79 Å². The van der Waals surface area contributed by atoms with Crippen LogP contribution in [0.4, 0.5) is 20.9 Å². The van der Waals surface area contributed by atoms with Gasteiger partial charge in [0, 0.05) is 5.69 Å². The van der Waals surface area contributed by atoms with Crippen LogP contribution >= 0.6 is 11.3 Å². The van der Waals surface area contributed by atoms with Gasteiger partial charge < -0.3 is 10.6 Å². The van der Waals surface area contributed by atoms with E-state index < -0.39 is 5.82 Å². The van der Waals surface area contributed by atoms with Crippen LogP contribution in [0.25, 0.3) is 0 Å². The van der Waals surface area contributed by atoms with E-state index in [9.17, 15) is 9.18 Å². The molecule has 4 nitrogen and oxygen atoms in total. The Morgan fingerprint density at radius 2 is 1.80 bits per heavy atom. The first-order chi connectivity index (χ1) is 12.1. The first-order valence-corrected chi connectivity index (χ1v) is 8.78. The van der Waals surface area contributed by atoms with Crippen molar-refractivity contribution < 1.29 is 9.18 Å². The number of thiazole rings is 1. The first-order valence-electron chi connectivity index (χ1n) is 7.96. The molecule has 0 saturated carbocycles. The predicted octanol–water partition coefficient (Wildman–Crippen LogP) is 5.15. The van der Waals surface area contributed by atoms with Gasteiger partial charge in [0.1, 0.15) is 10.7 Å². The molecule has 0 aliphatic rings. The standard InChI is InChI=1S/C19H18FN3OS/c1-3-13-8-4-6-10-15(13)23-19-21-12(2)17(25-19)18(24)22-16-11-7-5-9-14(16)20/h4-11H,3H2,1-2H3,(H,21,23)(H,22,24). The fourth-order valence-corrected chi connectivity index (χ4v) is 3.34. The molecule has 2 N–H and O–H groups in total. The molecular formula is C19H18FN3OS. The molecule has 3 rings (SSSR count). The largest absolute Gasteiger partial charge is 0.331 e. The smallest absolute Gasteiger partial charge is 0.267 e. The Morgan fingerprint density at radius 3 is 2.52 bits per heavy atom. The van der Waals surface area contributed by atoms with Crippen molar-refractivity contribution in [2.75, 3.05) is 10.6 Å². The van der Waals surface area contributed by atoms with Crippen LogP contribution in [0, 0.1) is 12.7 Å². The van der Waals surface area contributed by atoms with Crippen LogP contribution < -0.4 is 10.6 Å². The molecule has 3 aromatic rings. The van der Waals surface area contributed by atoms with Gasteiger partial charge in [0.15, 0.2) is 5.13 Å². The van der Waals surface area contributed by atoms with Crippen LogP contribution in [0.5, 0.6) is 0 Å². The number of amides is 1. The lowest BCUT2D eigenvalue weighted by Gasteiger charge is -2.07. The zero-order chi connectivity index (χ0) is 17.8. The quantitative estimate of drug-likeness (QED) is 0.665. The summed E-state index contributed by atoms with van der Waals surface area (Å²) in [6.07, 6.45) is 0.897. The third-order valence-electron chi connectivity index (χ3n) is 3.76. The summed E-state index contributed by atoms with van der Waals surface area (Å²) in [5.74, 6) is -0.829. The van der Waals surface area contributed by atoms with E-state index in [1.165, 1.54) is 29.0 Å². The van der Waals surface area contributed by atoms with Crippen LogP contribution in [0.2, 0.25) is 0 Å². The number of nitrogens with zero attached hydrogens (tertiary/aromatic N) is 1. The zero-order valence-electron chi connectivity index (χ0n) is 14.0. The number of anilines is 3. The SMILES string of the molecule is CCc1ccccc1Nc1nc(C)c(C(=O)Nc2ccccc2F)s1. The van der Waals surface area contributed by atoms with Gasteiger partial charge in [-0.1, -0.05) is 48.6 Å². The highest BCUT2D eigenvalue weighted by atomic mass is 32.1. The third-order valence-corrected chi connectivity index (χ3v) is 4.84. The average Bonchev–Trinajstić information content (AvgIpc) is 2.98. The molecule has 0 bridgehead atoms. The lowest BCUT2D eigenvalue weighted by atomic mass is 10.1. The highest BCUT2D eigenvalue weighted by molar-refractivity contribution is 7.17. The average molecular weight is 355 g/mol. The number of carbonyl (C=O) groups is 1. The number of aromatic nitrogens is 1. The van der Waals surface area contributed by atoms with Crippen molar-refractivity contribution in [1.82, 2.24) is 4.98 Å². The van der Waals surface area contributed by atoms with Gasteiger partial charge >= 0.3 is 0 Å². The molecule has 25 heavy (non-hydrogen) atoms. The van der Waals surface area contributed by atoms with E-state index in [4.69, 9.17) is 0 Å². The second-order valence-electron chi connectivity index (χ2n) is 5.50. The Labute approximate surface area is 149 Å². The van der Waals surface area contributed by atoms with Crippen molar-refractivity contribution in [3.05, 3.63) is 70.5 Å². The Kier molecular flexibility index (Phi) is 5.09. The molecule has 1 aromatic heterocycles. The molecule has 0 aliphatic heterocycles. The first kappa shape index (κ1) is 17.1. The number of aryl methyl sites for hydroxylation is 2. The number of halogens is 1. The molecule has 1 amide bonds. The Balaban J connectivity index is 1.80. The van der Waals surface area contributed by atoms with Crippen molar-refractivity contribution >= 4 is 33.8 Å². The van der Waals surface area contributed by atoms with Crippen LogP contribution in [0.3, 0.4) is 0 Å². The van der Waals surface area contributed by atoms with Gasteiger partial charge in [0.05, 0.1) is 11.4 Å². The molecule has 0 saturated heterocycles. The summed E-state index contributed by atoms with van der Waals surface area (Å²) in [4.78, 5) is 17.3. The lowest BCUT2D eigenvalue weighted by Crippen LogP contribution is -2.12. The predicted molar refractivity (Wildman–Crippen MR) is 100 cm³/mol. The van der Waals surface area contributed by atoms with E-state index >= 15 is 0 Å². The van der Waals surface area contributed by atoms with Gasteiger partial charge in [-0.05, 0) is 37.1 Å². The minimum atomic E-state index is -0.465. The molecule has 0 unspecified atom stereocenters. The third kappa shape index (κ3) is 3.85. The summed E-state index contributed by atoms with van der Waals surface area (Å²) in [7, 11) is 0. The van der Waals surface area contributed by atoms with E-state index in [2.05, 4.69) is 28.6 Å². The second kappa shape index (κ2) is 7.44. The molecule has 0 atom stereocenters. The molecule has 2 aromatic carbocycles. The molecule has 0 aliphatic carbocycles. The van der Waals surface area contributed by atoms with Crippen LogP contribution in [-0.4, -0.2) is 10.9 Å². The maximum absolute atomic E-state index is 13.7. The second-order valence-corrected chi connectivity index (χ2v) is 6.50. The maximum Gasteiger partial charge on any atom is 0.267 e. The van der Waals surface area contributed by atoms with E-state index in [0.29, 0.717) is 15.7 Å². The number of hydrogen-bond acceptors (Lipinski definition) is 4. The van der Waals surface area contributed by atoms with Gasteiger partial charge in [-0.2, -0.15) is 0 Å². The summed E-state index contributed by atoms with van der Waals surface area (Å²) in [6, 6.07) is 14.1. The molecule has 6 heteroatoms. The highest BCUT2D eigenvalue weighted by Gasteiger charge is 2.17. The number of carbonyl (C=O) groups excluding carboxylic acids is 1. The molecule has 0 spiro atoms. The van der Waals surface area contributed by atoms with Gasteiger partial charge in [0.25, 0.3) is 5.91 Å². The van der Waals surface area contributed by atoms with Gasteiger partial charge in [0.2, 0.25) is 0 Å². The van der Waals surface area contributed by atoms with Crippen LogP contribution in [-0.2, 0) is 6.42 Å². The van der Waals surface area contributed by atoms with E-state index in [-0.39, 0.29) is 11.6 Å². The summed E-state index contributed by atoms with van der Waals surface area (Å²) >= 11 is 1.25. The van der Waals surface area contributed by atoms with E-state index in [0.717, 1.165) is 12.1 Å². The maximum atomic E-state index is 13.7. The number of nitrogens with one attached hydrogen (secondary N) is 2. The summed E-state index contributed by atoms with van der Waals surface area (Å²) in [5, 5.41) is 6.50. The number of hydrogen-bond donors (Lipinski definition) is 2. The Hall–Kier alpha value is -2.73. The van der Waals surface area contributed by atoms with E-state index in [1.807, 2.05) is 18.2 Å². The monoisotopic (exact) mass is 355 g/mol. The number of rotatable bonds is 5. The lowest BCUT2D eigenvalue weighted by molar-refractivity contribution is 0.102. The van der Waals surface area contributed by atoms with Crippen molar-refractivity contribution in [3.63, 3.8) is 0 Å². The molecule has 1 heterocycles. The summed E-state index contributed by atoms with van der Waals surface area (Å²) in [6.45, 7) is 3.85. The Bertz CT molecular complexity index is 907. The number of benzene rings is 2. The van der Waals surface area contributed by atoms with Crippen molar-refractivity contribution in [3.8, 4) is 0 Å². The minimum Gasteiger partial charge on any atom is -0.331 e.